The molecule has 1 aromatic carbocycles. The lowest BCUT2D eigenvalue weighted by atomic mass is 10.3. The number of ether oxygens (including phenoxy) is 2. The first-order valence-electron chi connectivity index (χ1n) is 4.74. The van der Waals surface area contributed by atoms with E-state index in [1.165, 1.54) is 6.26 Å². The second-order valence-electron chi connectivity index (χ2n) is 3.14. The molecule has 0 saturated carbocycles. The van der Waals surface area contributed by atoms with Crippen molar-refractivity contribution in [1.29, 1.82) is 0 Å². The van der Waals surface area contributed by atoms with Gasteiger partial charge in [-0.1, -0.05) is 6.07 Å². The van der Waals surface area contributed by atoms with Crippen molar-refractivity contribution in [2.24, 2.45) is 0 Å². The number of hydrogen-bond acceptors (Lipinski definition) is 5. The second-order valence-corrected chi connectivity index (χ2v) is 3.14. The van der Waals surface area contributed by atoms with Gasteiger partial charge in [-0.3, -0.25) is 0 Å². The third-order valence-electron chi connectivity index (χ3n) is 2.00. The fraction of sp³-hybridized carbons (Fsp3) is 0.182. The molecule has 0 amide bonds. The Morgan fingerprint density at radius 2 is 2.19 bits per heavy atom. The van der Waals surface area contributed by atoms with Gasteiger partial charge in [-0.2, -0.15) is 4.98 Å². The third-order valence-corrected chi connectivity index (χ3v) is 2.00. The summed E-state index contributed by atoms with van der Waals surface area (Å²) in [5.74, 6) is 1.46. The summed E-state index contributed by atoms with van der Waals surface area (Å²) in [4.78, 5) is 3.92. The number of methoxy groups -OCH3 is 1. The molecular formula is C11H12N2O3. The molecule has 84 valence electrons. The van der Waals surface area contributed by atoms with Crippen molar-refractivity contribution in [2.45, 2.75) is 6.61 Å². The van der Waals surface area contributed by atoms with E-state index >= 15 is 0 Å². The van der Waals surface area contributed by atoms with E-state index in [1.54, 1.807) is 13.2 Å². The Hall–Kier alpha value is -2.17. The van der Waals surface area contributed by atoms with Crippen LogP contribution in [0.3, 0.4) is 0 Å². The van der Waals surface area contributed by atoms with Gasteiger partial charge in [-0.15, -0.1) is 0 Å². The fourth-order valence-corrected chi connectivity index (χ4v) is 1.24. The Morgan fingerprint density at radius 3 is 2.88 bits per heavy atom. The summed E-state index contributed by atoms with van der Waals surface area (Å²) in [6.45, 7) is 0.313. The molecule has 0 radical (unpaired) electrons. The molecule has 0 saturated heterocycles. The van der Waals surface area contributed by atoms with Crippen LogP contribution in [0, 0.1) is 0 Å². The molecule has 0 atom stereocenters. The minimum Gasteiger partial charge on any atom is -0.497 e. The Balaban J connectivity index is 1.99. The maximum Gasteiger partial charge on any atom is 0.292 e. The summed E-state index contributed by atoms with van der Waals surface area (Å²) in [7, 11) is 1.61. The van der Waals surface area contributed by atoms with Gasteiger partial charge in [0.1, 0.15) is 30.1 Å². The minimum absolute atomic E-state index is 0.143. The van der Waals surface area contributed by atoms with Crippen LogP contribution in [-0.4, -0.2) is 12.1 Å². The molecule has 0 aliphatic carbocycles. The summed E-state index contributed by atoms with van der Waals surface area (Å²) >= 11 is 0. The molecule has 0 aliphatic heterocycles. The molecule has 2 aromatic rings. The van der Waals surface area contributed by atoms with Gasteiger partial charge in [0.05, 0.1) is 7.11 Å². The van der Waals surface area contributed by atoms with Gasteiger partial charge in [0.2, 0.25) is 0 Å². The first-order valence-corrected chi connectivity index (χ1v) is 4.74. The molecule has 0 bridgehead atoms. The van der Waals surface area contributed by atoms with E-state index in [-0.39, 0.29) is 6.01 Å². The zero-order chi connectivity index (χ0) is 11.4. The highest BCUT2D eigenvalue weighted by Crippen LogP contribution is 2.19. The minimum atomic E-state index is 0.143. The van der Waals surface area contributed by atoms with Crippen LogP contribution in [0.25, 0.3) is 0 Å². The first kappa shape index (κ1) is 10.4. The molecule has 5 heteroatoms. The molecule has 1 aromatic heterocycles. The van der Waals surface area contributed by atoms with Crippen LogP contribution in [-0.2, 0) is 6.61 Å². The van der Waals surface area contributed by atoms with Crippen molar-refractivity contribution in [2.75, 3.05) is 12.8 Å². The zero-order valence-corrected chi connectivity index (χ0v) is 8.84. The molecular weight excluding hydrogens is 208 g/mol. The Kier molecular flexibility index (Phi) is 2.95. The number of anilines is 1. The van der Waals surface area contributed by atoms with E-state index in [1.807, 2.05) is 18.2 Å². The molecule has 5 nitrogen and oxygen atoms in total. The number of nitrogen functional groups attached to an aromatic ring is 1. The van der Waals surface area contributed by atoms with Crippen LogP contribution in [0.15, 0.2) is 34.9 Å². The van der Waals surface area contributed by atoms with Gasteiger partial charge in [-0.25, -0.2) is 0 Å². The van der Waals surface area contributed by atoms with Gasteiger partial charge >= 0.3 is 0 Å². The molecule has 2 rings (SSSR count). The number of benzene rings is 1. The summed E-state index contributed by atoms with van der Waals surface area (Å²) < 4.78 is 15.4. The fourth-order valence-electron chi connectivity index (χ4n) is 1.24. The Morgan fingerprint density at radius 1 is 1.38 bits per heavy atom. The SMILES string of the molecule is COc1cccc(OCc2coc(N)n2)c1. The lowest BCUT2D eigenvalue weighted by Crippen LogP contribution is -1.96. The van der Waals surface area contributed by atoms with E-state index in [0.717, 1.165) is 5.75 Å². The van der Waals surface area contributed by atoms with E-state index < -0.39 is 0 Å². The molecule has 0 fully saturated rings. The number of rotatable bonds is 4. The molecule has 0 aliphatic rings. The van der Waals surface area contributed by atoms with Gasteiger partial charge < -0.3 is 19.6 Å². The van der Waals surface area contributed by atoms with Crippen molar-refractivity contribution in [1.82, 2.24) is 4.98 Å². The number of hydrogen-bond donors (Lipinski definition) is 1. The summed E-state index contributed by atoms with van der Waals surface area (Å²) in [5.41, 5.74) is 5.99. The second kappa shape index (κ2) is 4.57. The van der Waals surface area contributed by atoms with Crippen LogP contribution >= 0.6 is 0 Å². The van der Waals surface area contributed by atoms with Crippen molar-refractivity contribution < 1.29 is 13.9 Å². The highest BCUT2D eigenvalue weighted by molar-refractivity contribution is 5.32. The summed E-state index contributed by atoms with van der Waals surface area (Å²) in [6.07, 6.45) is 1.47. The van der Waals surface area contributed by atoms with E-state index in [2.05, 4.69) is 4.98 Å². The van der Waals surface area contributed by atoms with Gasteiger partial charge in [0.15, 0.2) is 0 Å². The molecule has 2 N–H and O–H groups in total. The van der Waals surface area contributed by atoms with Crippen LogP contribution in [0.1, 0.15) is 5.69 Å². The van der Waals surface area contributed by atoms with Crippen molar-refractivity contribution in [3.8, 4) is 11.5 Å². The predicted octanol–water partition coefficient (Wildman–Crippen LogP) is 1.84. The Labute approximate surface area is 92.8 Å². The number of nitrogens with zero attached hydrogens (tertiary/aromatic N) is 1. The average Bonchev–Trinajstić information content (AvgIpc) is 2.73. The smallest absolute Gasteiger partial charge is 0.292 e. The topological polar surface area (TPSA) is 70.5 Å². The van der Waals surface area contributed by atoms with Crippen LogP contribution in [0.2, 0.25) is 0 Å². The first-order chi connectivity index (χ1) is 7.78. The van der Waals surface area contributed by atoms with Crippen molar-refractivity contribution in [3.63, 3.8) is 0 Å². The van der Waals surface area contributed by atoms with Crippen molar-refractivity contribution in [3.05, 3.63) is 36.2 Å². The quantitative estimate of drug-likeness (QED) is 0.851. The zero-order valence-electron chi connectivity index (χ0n) is 8.84. The number of aromatic nitrogens is 1. The average molecular weight is 220 g/mol. The number of oxazole rings is 1. The highest BCUT2D eigenvalue weighted by atomic mass is 16.5. The summed E-state index contributed by atoms with van der Waals surface area (Å²) in [6, 6.07) is 7.48. The maximum atomic E-state index is 5.49. The van der Waals surface area contributed by atoms with E-state index in [4.69, 9.17) is 19.6 Å². The summed E-state index contributed by atoms with van der Waals surface area (Å²) in [5, 5.41) is 0. The Bertz CT molecular complexity index is 468. The van der Waals surface area contributed by atoms with Crippen molar-refractivity contribution >= 4 is 6.01 Å². The maximum absolute atomic E-state index is 5.49. The van der Waals surface area contributed by atoms with Gasteiger partial charge in [0, 0.05) is 6.07 Å². The van der Waals surface area contributed by atoms with Gasteiger partial charge in [0.25, 0.3) is 6.01 Å². The lowest BCUT2D eigenvalue weighted by Gasteiger charge is -2.05. The molecule has 0 spiro atoms. The molecule has 16 heavy (non-hydrogen) atoms. The van der Waals surface area contributed by atoms with Crippen LogP contribution in [0.5, 0.6) is 11.5 Å². The normalized spacial score (nSPS) is 10.1. The molecule has 0 unspecified atom stereocenters. The van der Waals surface area contributed by atoms with Crippen LogP contribution in [0.4, 0.5) is 6.01 Å². The van der Waals surface area contributed by atoms with Gasteiger partial charge in [-0.05, 0) is 12.1 Å². The predicted molar refractivity (Wildman–Crippen MR) is 58.2 cm³/mol. The van der Waals surface area contributed by atoms with E-state index in [0.29, 0.717) is 18.1 Å². The third kappa shape index (κ3) is 2.44. The molecule has 1 heterocycles. The lowest BCUT2D eigenvalue weighted by molar-refractivity contribution is 0.298. The monoisotopic (exact) mass is 220 g/mol. The number of nitrogens with two attached hydrogens (primary N) is 1. The largest absolute Gasteiger partial charge is 0.497 e. The van der Waals surface area contributed by atoms with E-state index in [9.17, 15) is 0 Å². The standard InChI is InChI=1S/C11H12N2O3/c1-14-9-3-2-4-10(5-9)15-6-8-7-16-11(12)13-8/h2-5,7H,6H2,1H3,(H2,12,13). The van der Waals surface area contributed by atoms with Crippen LogP contribution < -0.4 is 15.2 Å². The highest BCUT2D eigenvalue weighted by Gasteiger charge is 2.02.